The van der Waals surface area contributed by atoms with Crippen LogP contribution in [0.3, 0.4) is 0 Å². The van der Waals surface area contributed by atoms with Gasteiger partial charge in [0.1, 0.15) is 0 Å². The predicted octanol–water partition coefficient (Wildman–Crippen LogP) is 3.72. The van der Waals surface area contributed by atoms with Crippen LogP contribution in [-0.4, -0.2) is 19.5 Å². The molecule has 0 amide bonds. The number of benzene rings is 2. The summed E-state index contributed by atoms with van der Waals surface area (Å²) in [6.07, 6.45) is 0. The van der Waals surface area contributed by atoms with Gasteiger partial charge in [-0.05, 0) is 28.1 Å². The molecule has 3 nitrogen and oxygen atoms in total. The van der Waals surface area contributed by atoms with E-state index < -0.39 is 0 Å². The molecule has 0 fully saturated rings. The number of ketones is 1. The van der Waals surface area contributed by atoms with Crippen LogP contribution >= 0.6 is 15.9 Å². The maximum absolute atomic E-state index is 11.9. The van der Waals surface area contributed by atoms with Crippen LogP contribution in [0.25, 0.3) is 0 Å². The summed E-state index contributed by atoms with van der Waals surface area (Å²) in [5, 5.41) is 0. The van der Waals surface area contributed by atoms with Gasteiger partial charge in [0.15, 0.2) is 23.9 Å². The second kappa shape index (κ2) is 6.38. The van der Waals surface area contributed by atoms with Crippen LogP contribution in [-0.2, 0) is 0 Å². The van der Waals surface area contributed by atoms with Crippen molar-refractivity contribution in [3.63, 3.8) is 0 Å². The second-order valence-corrected chi connectivity index (χ2v) is 4.70. The average Bonchev–Trinajstić information content (AvgIpc) is 2.46. The number of methoxy groups -OCH3 is 1. The standard InChI is InChI=1S/C15H13BrO3/c1-18-14-9-5-8-12(16)15(14)19-10-13(17)11-6-3-2-4-7-11/h2-9H,10H2,1H3. The number of carbonyl (C=O) groups excluding carboxylic acids is 1. The highest BCUT2D eigenvalue weighted by molar-refractivity contribution is 9.10. The van der Waals surface area contributed by atoms with E-state index in [2.05, 4.69) is 15.9 Å². The number of hydrogen-bond donors (Lipinski definition) is 0. The first kappa shape index (κ1) is 13.6. The summed E-state index contributed by atoms with van der Waals surface area (Å²) in [7, 11) is 1.56. The zero-order valence-electron chi connectivity index (χ0n) is 10.4. The quantitative estimate of drug-likeness (QED) is 0.788. The lowest BCUT2D eigenvalue weighted by Crippen LogP contribution is -2.12. The highest BCUT2D eigenvalue weighted by atomic mass is 79.9. The Labute approximate surface area is 120 Å². The molecule has 2 rings (SSSR count). The summed E-state index contributed by atoms with van der Waals surface area (Å²) < 4.78 is 11.5. The molecule has 0 saturated heterocycles. The molecule has 0 aromatic heterocycles. The first-order valence-corrected chi connectivity index (χ1v) is 6.55. The molecule has 0 N–H and O–H groups in total. The third-order valence-corrected chi connectivity index (χ3v) is 3.22. The van der Waals surface area contributed by atoms with E-state index >= 15 is 0 Å². The fourth-order valence-corrected chi connectivity index (χ4v) is 2.10. The van der Waals surface area contributed by atoms with Crippen LogP contribution in [0.15, 0.2) is 53.0 Å². The number of para-hydroxylation sites is 1. The van der Waals surface area contributed by atoms with Crippen molar-refractivity contribution in [2.45, 2.75) is 0 Å². The molecule has 0 aliphatic carbocycles. The van der Waals surface area contributed by atoms with Gasteiger partial charge >= 0.3 is 0 Å². The molecule has 0 saturated carbocycles. The molecule has 0 aliphatic heterocycles. The predicted molar refractivity (Wildman–Crippen MR) is 77.0 cm³/mol. The molecule has 4 heteroatoms. The summed E-state index contributed by atoms with van der Waals surface area (Å²) in [6.45, 7) is -0.0248. The minimum atomic E-state index is -0.0709. The zero-order valence-corrected chi connectivity index (χ0v) is 12.0. The topological polar surface area (TPSA) is 35.5 Å². The summed E-state index contributed by atoms with van der Waals surface area (Å²) in [4.78, 5) is 11.9. The minimum Gasteiger partial charge on any atom is -0.493 e. The molecule has 0 bridgehead atoms. The average molecular weight is 321 g/mol. The third kappa shape index (κ3) is 3.35. The molecule has 0 unspecified atom stereocenters. The SMILES string of the molecule is COc1cccc(Br)c1OCC(=O)c1ccccc1. The van der Waals surface area contributed by atoms with Crippen molar-refractivity contribution in [2.75, 3.05) is 13.7 Å². The van der Waals surface area contributed by atoms with Crippen molar-refractivity contribution in [1.82, 2.24) is 0 Å². The Morgan fingerprint density at radius 2 is 1.84 bits per heavy atom. The largest absolute Gasteiger partial charge is 0.493 e. The summed E-state index contributed by atoms with van der Waals surface area (Å²) >= 11 is 3.38. The van der Waals surface area contributed by atoms with Crippen molar-refractivity contribution in [3.05, 3.63) is 58.6 Å². The lowest BCUT2D eigenvalue weighted by atomic mass is 10.1. The lowest BCUT2D eigenvalue weighted by molar-refractivity contribution is 0.0919. The molecule has 0 radical (unpaired) electrons. The number of rotatable bonds is 5. The van der Waals surface area contributed by atoms with Gasteiger partial charge in [0.2, 0.25) is 0 Å². The van der Waals surface area contributed by atoms with Crippen molar-refractivity contribution in [1.29, 1.82) is 0 Å². The first-order chi connectivity index (χ1) is 9.22. The van der Waals surface area contributed by atoms with Gasteiger partial charge in [0, 0.05) is 5.56 Å². The van der Waals surface area contributed by atoms with E-state index in [0.29, 0.717) is 17.1 Å². The van der Waals surface area contributed by atoms with Gasteiger partial charge in [-0.25, -0.2) is 0 Å². The Kier molecular flexibility index (Phi) is 4.58. The fraction of sp³-hybridized carbons (Fsp3) is 0.133. The van der Waals surface area contributed by atoms with E-state index in [9.17, 15) is 4.79 Å². The van der Waals surface area contributed by atoms with E-state index in [1.165, 1.54) is 0 Å². The Balaban J connectivity index is 2.09. The fourth-order valence-electron chi connectivity index (χ4n) is 1.63. The molecule has 0 aliphatic rings. The Morgan fingerprint density at radius 1 is 1.11 bits per heavy atom. The van der Waals surface area contributed by atoms with Crippen LogP contribution < -0.4 is 9.47 Å². The van der Waals surface area contributed by atoms with Gasteiger partial charge in [-0.3, -0.25) is 4.79 Å². The van der Waals surface area contributed by atoms with Crippen LogP contribution in [0, 0.1) is 0 Å². The number of carbonyl (C=O) groups is 1. The Morgan fingerprint density at radius 3 is 2.53 bits per heavy atom. The summed E-state index contributed by atoms with van der Waals surface area (Å²) in [5.74, 6) is 1.06. The number of hydrogen-bond acceptors (Lipinski definition) is 3. The van der Waals surface area contributed by atoms with Crippen LogP contribution in [0.2, 0.25) is 0 Å². The third-order valence-electron chi connectivity index (χ3n) is 2.59. The maximum atomic E-state index is 11.9. The van der Waals surface area contributed by atoms with Gasteiger partial charge < -0.3 is 9.47 Å². The normalized spacial score (nSPS) is 10.0. The highest BCUT2D eigenvalue weighted by Crippen LogP contribution is 2.34. The van der Waals surface area contributed by atoms with Crippen LogP contribution in [0.4, 0.5) is 0 Å². The van der Waals surface area contributed by atoms with E-state index in [0.717, 1.165) is 4.47 Å². The van der Waals surface area contributed by atoms with Crippen LogP contribution in [0.1, 0.15) is 10.4 Å². The van der Waals surface area contributed by atoms with Gasteiger partial charge in [-0.15, -0.1) is 0 Å². The van der Waals surface area contributed by atoms with Gasteiger partial charge in [0.25, 0.3) is 0 Å². The highest BCUT2D eigenvalue weighted by Gasteiger charge is 2.11. The van der Waals surface area contributed by atoms with Crippen molar-refractivity contribution >= 4 is 21.7 Å². The summed E-state index contributed by atoms with van der Waals surface area (Å²) in [6, 6.07) is 14.5. The monoisotopic (exact) mass is 320 g/mol. The Hall–Kier alpha value is -1.81. The molecule has 0 spiro atoms. The number of halogens is 1. The van der Waals surface area contributed by atoms with E-state index in [4.69, 9.17) is 9.47 Å². The zero-order chi connectivity index (χ0) is 13.7. The molecule has 98 valence electrons. The number of ether oxygens (including phenoxy) is 2. The van der Waals surface area contributed by atoms with Crippen molar-refractivity contribution < 1.29 is 14.3 Å². The second-order valence-electron chi connectivity index (χ2n) is 3.85. The lowest BCUT2D eigenvalue weighted by Gasteiger charge is -2.11. The van der Waals surface area contributed by atoms with E-state index in [1.54, 1.807) is 25.3 Å². The van der Waals surface area contributed by atoms with Gasteiger partial charge in [-0.2, -0.15) is 0 Å². The Bertz CT molecular complexity index is 567. The minimum absolute atomic E-state index is 0.0248. The van der Waals surface area contributed by atoms with Gasteiger partial charge in [0.05, 0.1) is 11.6 Å². The van der Waals surface area contributed by atoms with Crippen molar-refractivity contribution in [2.24, 2.45) is 0 Å². The van der Waals surface area contributed by atoms with Gasteiger partial charge in [-0.1, -0.05) is 36.4 Å². The maximum Gasteiger partial charge on any atom is 0.200 e. The smallest absolute Gasteiger partial charge is 0.200 e. The molecule has 19 heavy (non-hydrogen) atoms. The van der Waals surface area contributed by atoms with E-state index in [-0.39, 0.29) is 12.4 Å². The molecular formula is C15H13BrO3. The van der Waals surface area contributed by atoms with Crippen molar-refractivity contribution in [3.8, 4) is 11.5 Å². The molecular weight excluding hydrogens is 308 g/mol. The molecule has 2 aromatic rings. The first-order valence-electron chi connectivity index (χ1n) is 5.76. The molecule has 2 aromatic carbocycles. The summed E-state index contributed by atoms with van der Waals surface area (Å²) in [5.41, 5.74) is 0.633. The van der Waals surface area contributed by atoms with E-state index in [1.807, 2.05) is 30.3 Å². The van der Waals surface area contributed by atoms with Crippen LogP contribution in [0.5, 0.6) is 11.5 Å². The molecule has 0 atom stereocenters. The number of Topliss-reactive ketones (excluding diaryl/α,β-unsaturated/α-hetero) is 1. The molecule has 0 heterocycles.